The maximum absolute atomic E-state index is 13.4. The first kappa shape index (κ1) is 18.7. The molecule has 3 saturated heterocycles. The van der Waals surface area contributed by atoms with Gasteiger partial charge in [-0.25, -0.2) is 4.98 Å². The van der Waals surface area contributed by atoms with E-state index in [-0.39, 0.29) is 5.91 Å². The molecule has 0 saturated carbocycles. The number of hydrazine groups is 1. The van der Waals surface area contributed by atoms with Crippen LogP contribution < -0.4 is 15.8 Å². The van der Waals surface area contributed by atoms with Crippen molar-refractivity contribution in [2.24, 2.45) is 5.92 Å². The molecule has 1 aromatic rings. The van der Waals surface area contributed by atoms with Crippen LogP contribution in [-0.2, 0) is 0 Å². The summed E-state index contributed by atoms with van der Waals surface area (Å²) in [6.45, 7) is 5.94. The van der Waals surface area contributed by atoms with Gasteiger partial charge in [0.1, 0.15) is 0 Å². The van der Waals surface area contributed by atoms with E-state index in [1.807, 2.05) is 11.0 Å². The van der Waals surface area contributed by atoms with E-state index >= 15 is 0 Å². The standard InChI is InChI=1S/C21H33N5O/c1-2-3-8-17-16-15-26(14-10-18(16)24-23-17)21(27)20-19(9-7-11-22-20)25-12-5-4-6-13-25/h7,9,11,16-18,23-24H,2-6,8,10,12-15H2,1H3. The van der Waals surface area contributed by atoms with Crippen LogP contribution in [0.3, 0.4) is 0 Å². The van der Waals surface area contributed by atoms with E-state index in [1.54, 1.807) is 6.20 Å². The van der Waals surface area contributed by atoms with Gasteiger partial charge in [0.25, 0.3) is 5.91 Å². The van der Waals surface area contributed by atoms with Crippen LogP contribution in [-0.4, -0.2) is 54.1 Å². The zero-order valence-electron chi connectivity index (χ0n) is 16.5. The lowest BCUT2D eigenvalue weighted by Crippen LogP contribution is -2.49. The number of carbonyl (C=O) groups excluding carboxylic acids is 1. The number of amides is 1. The Hall–Kier alpha value is -1.66. The third kappa shape index (κ3) is 3.97. The molecule has 0 bridgehead atoms. The molecule has 27 heavy (non-hydrogen) atoms. The fourth-order valence-corrected chi connectivity index (χ4v) is 4.89. The Kier molecular flexibility index (Phi) is 5.93. The van der Waals surface area contributed by atoms with Gasteiger partial charge in [0.2, 0.25) is 0 Å². The smallest absolute Gasteiger partial charge is 0.274 e. The molecule has 0 aliphatic carbocycles. The zero-order valence-corrected chi connectivity index (χ0v) is 16.5. The summed E-state index contributed by atoms with van der Waals surface area (Å²) in [5.74, 6) is 0.604. The van der Waals surface area contributed by atoms with Gasteiger partial charge in [0.05, 0.1) is 5.69 Å². The van der Waals surface area contributed by atoms with Crippen LogP contribution in [0, 0.1) is 5.92 Å². The number of hydrogen-bond acceptors (Lipinski definition) is 5. The molecule has 4 rings (SSSR count). The lowest BCUT2D eigenvalue weighted by atomic mass is 9.86. The molecule has 3 atom stereocenters. The first-order valence-corrected chi connectivity index (χ1v) is 10.8. The summed E-state index contributed by atoms with van der Waals surface area (Å²) in [4.78, 5) is 22.3. The average Bonchev–Trinajstić information content (AvgIpc) is 3.14. The minimum atomic E-state index is 0.107. The van der Waals surface area contributed by atoms with Crippen LogP contribution in [0.1, 0.15) is 62.4 Å². The first-order valence-electron chi connectivity index (χ1n) is 10.8. The Morgan fingerprint density at radius 1 is 1.22 bits per heavy atom. The second-order valence-corrected chi connectivity index (χ2v) is 8.27. The van der Waals surface area contributed by atoms with Crippen molar-refractivity contribution in [3.8, 4) is 0 Å². The second-order valence-electron chi connectivity index (χ2n) is 8.27. The number of fused-ring (bicyclic) bond motifs is 1. The number of hydrogen-bond donors (Lipinski definition) is 2. The first-order chi connectivity index (χ1) is 13.3. The molecule has 1 aromatic heterocycles. The fraction of sp³-hybridized carbons (Fsp3) is 0.714. The lowest BCUT2D eigenvalue weighted by Gasteiger charge is -2.37. The van der Waals surface area contributed by atoms with E-state index in [0.717, 1.165) is 38.3 Å². The quantitative estimate of drug-likeness (QED) is 0.833. The number of piperidine rings is 2. The van der Waals surface area contributed by atoms with Crippen molar-refractivity contribution in [1.82, 2.24) is 20.7 Å². The predicted molar refractivity (Wildman–Crippen MR) is 108 cm³/mol. The number of anilines is 1. The van der Waals surface area contributed by atoms with Crippen molar-refractivity contribution in [3.05, 3.63) is 24.0 Å². The molecule has 0 radical (unpaired) electrons. The molecule has 2 N–H and O–H groups in total. The van der Waals surface area contributed by atoms with Crippen molar-refractivity contribution in [3.63, 3.8) is 0 Å². The van der Waals surface area contributed by atoms with Gasteiger partial charge < -0.3 is 9.80 Å². The Bertz CT molecular complexity index is 645. The van der Waals surface area contributed by atoms with E-state index in [1.165, 1.54) is 38.5 Å². The van der Waals surface area contributed by atoms with E-state index in [9.17, 15) is 4.79 Å². The van der Waals surface area contributed by atoms with Crippen LogP contribution in [0.5, 0.6) is 0 Å². The van der Waals surface area contributed by atoms with Crippen molar-refractivity contribution in [1.29, 1.82) is 0 Å². The molecule has 3 fully saturated rings. The fourth-order valence-electron chi connectivity index (χ4n) is 4.89. The van der Waals surface area contributed by atoms with Gasteiger partial charge in [0, 0.05) is 50.4 Å². The molecule has 6 heteroatoms. The van der Waals surface area contributed by atoms with Crippen molar-refractivity contribution in [2.45, 2.75) is 64.0 Å². The molecular formula is C21H33N5O. The molecular weight excluding hydrogens is 338 g/mol. The number of unbranched alkanes of at least 4 members (excludes halogenated alkanes) is 1. The second kappa shape index (κ2) is 8.57. The van der Waals surface area contributed by atoms with Crippen LogP contribution >= 0.6 is 0 Å². The Balaban J connectivity index is 1.48. The number of pyridine rings is 1. The number of aromatic nitrogens is 1. The molecule has 3 unspecified atom stereocenters. The summed E-state index contributed by atoms with van der Waals surface area (Å²) in [5, 5.41) is 0. The third-order valence-corrected chi connectivity index (χ3v) is 6.47. The number of likely N-dealkylation sites (tertiary alicyclic amines) is 1. The largest absolute Gasteiger partial charge is 0.370 e. The molecule has 0 spiro atoms. The molecule has 148 valence electrons. The summed E-state index contributed by atoms with van der Waals surface area (Å²) < 4.78 is 0. The van der Waals surface area contributed by atoms with E-state index in [2.05, 4.69) is 33.7 Å². The third-order valence-electron chi connectivity index (χ3n) is 6.47. The van der Waals surface area contributed by atoms with Crippen LogP contribution in [0.4, 0.5) is 5.69 Å². The van der Waals surface area contributed by atoms with Crippen LogP contribution in [0.25, 0.3) is 0 Å². The van der Waals surface area contributed by atoms with Gasteiger partial charge in [-0.2, -0.15) is 0 Å². The average molecular weight is 372 g/mol. The molecule has 3 aliphatic rings. The summed E-state index contributed by atoms with van der Waals surface area (Å²) in [6, 6.07) is 4.98. The highest BCUT2D eigenvalue weighted by Gasteiger charge is 2.41. The maximum Gasteiger partial charge on any atom is 0.274 e. The van der Waals surface area contributed by atoms with Gasteiger partial charge in [-0.1, -0.05) is 19.8 Å². The molecule has 3 aliphatic heterocycles. The Morgan fingerprint density at radius 3 is 2.89 bits per heavy atom. The minimum absolute atomic E-state index is 0.107. The molecule has 4 heterocycles. The molecule has 6 nitrogen and oxygen atoms in total. The van der Waals surface area contributed by atoms with Crippen molar-refractivity contribution >= 4 is 11.6 Å². The predicted octanol–water partition coefficient (Wildman–Crippen LogP) is 2.57. The maximum atomic E-state index is 13.4. The number of nitrogens with one attached hydrogen (secondary N) is 2. The Morgan fingerprint density at radius 2 is 2.07 bits per heavy atom. The topological polar surface area (TPSA) is 60.5 Å². The molecule has 0 aromatic carbocycles. The van der Waals surface area contributed by atoms with Gasteiger partial charge in [-0.3, -0.25) is 15.6 Å². The minimum Gasteiger partial charge on any atom is -0.370 e. The SMILES string of the molecule is CCCCC1NNC2CCN(C(=O)c3ncccc3N3CCCCC3)CC12. The van der Waals surface area contributed by atoms with Gasteiger partial charge in [0.15, 0.2) is 5.69 Å². The number of rotatable bonds is 5. The highest BCUT2D eigenvalue weighted by Crippen LogP contribution is 2.29. The summed E-state index contributed by atoms with van der Waals surface area (Å²) >= 11 is 0. The zero-order chi connectivity index (χ0) is 18.6. The van der Waals surface area contributed by atoms with Crippen molar-refractivity contribution < 1.29 is 4.79 Å². The Labute approximate surface area is 162 Å². The van der Waals surface area contributed by atoms with Crippen molar-refractivity contribution in [2.75, 3.05) is 31.1 Å². The number of nitrogens with zero attached hydrogens (tertiary/aromatic N) is 3. The van der Waals surface area contributed by atoms with Crippen LogP contribution in [0.2, 0.25) is 0 Å². The summed E-state index contributed by atoms with van der Waals surface area (Å²) in [6.07, 6.45) is 10.1. The summed E-state index contributed by atoms with van der Waals surface area (Å²) in [5.41, 5.74) is 8.62. The normalized spacial score (nSPS) is 28.3. The highest BCUT2D eigenvalue weighted by atomic mass is 16.2. The van der Waals surface area contributed by atoms with Crippen LogP contribution in [0.15, 0.2) is 18.3 Å². The highest BCUT2D eigenvalue weighted by molar-refractivity contribution is 5.98. The van der Waals surface area contributed by atoms with E-state index < -0.39 is 0 Å². The van der Waals surface area contributed by atoms with Gasteiger partial charge >= 0.3 is 0 Å². The van der Waals surface area contributed by atoms with E-state index in [4.69, 9.17) is 0 Å². The summed E-state index contributed by atoms with van der Waals surface area (Å²) in [7, 11) is 0. The lowest BCUT2D eigenvalue weighted by molar-refractivity contribution is 0.0645. The van der Waals surface area contributed by atoms with Gasteiger partial charge in [-0.05, 0) is 44.2 Å². The molecule has 1 amide bonds. The van der Waals surface area contributed by atoms with E-state index in [0.29, 0.717) is 23.7 Å². The number of carbonyl (C=O) groups is 1. The monoisotopic (exact) mass is 371 g/mol. The van der Waals surface area contributed by atoms with Gasteiger partial charge in [-0.15, -0.1) is 0 Å².